The van der Waals surface area contributed by atoms with Crippen molar-refractivity contribution in [1.29, 1.82) is 0 Å². The monoisotopic (exact) mass is 459 g/mol. The number of aromatic nitrogens is 2. The third kappa shape index (κ3) is 4.56. The van der Waals surface area contributed by atoms with Gasteiger partial charge in [0.25, 0.3) is 0 Å². The lowest BCUT2D eigenvalue weighted by Crippen LogP contribution is -2.51. The second-order valence-electron chi connectivity index (χ2n) is 9.89. The average molecular weight is 460 g/mol. The first kappa shape index (κ1) is 22.9. The fraction of sp³-hybridized carbons (Fsp3) is 0.500. The van der Waals surface area contributed by atoms with Crippen LogP contribution in [-0.2, 0) is 17.9 Å². The summed E-state index contributed by atoms with van der Waals surface area (Å²) in [4.78, 5) is 25.1. The number of carbonyl (C=O) groups is 1. The molecule has 180 valence electrons. The van der Waals surface area contributed by atoms with Crippen LogP contribution in [0.2, 0.25) is 0 Å². The largest absolute Gasteiger partial charge is 0.368 e. The number of hydrogen-bond donors (Lipinski definition) is 0. The molecule has 0 spiro atoms. The molecule has 0 saturated carbocycles. The Bertz CT molecular complexity index is 1150. The molecule has 3 aromatic rings. The molecule has 6 heteroatoms. The van der Waals surface area contributed by atoms with E-state index in [1.165, 1.54) is 22.3 Å². The predicted octanol–water partition coefficient (Wildman–Crippen LogP) is 4.23. The number of piperazine rings is 1. The molecule has 2 saturated heterocycles. The lowest BCUT2D eigenvalue weighted by Gasteiger charge is -2.39. The van der Waals surface area contributed by atoms with Crippen LogP contribution in [-0.4, -0.2) is 64.5 Å². The molecule has 2 aliphatic heterocycles. The van der Waals surface area contributed by atoms with Crippen LogP contribution in [0.4, 0.5) is 5.69 Å². The highest BCUT2D eigenvalue weighted by atomic mass is 16.2. The first-order valence-electron chi connectivity index (χ1n) is 12.8. The van der Waals surface area contributed by atoms with E-state index in [9.17, 15) is 4.79 Å². The van der Waals surface area contributed by atoms with E-state index in [2.05, 4.69) is 82.5 Å². The molecule has 2 fully saturated rings. The van der Waals surface area contributed by atoms with Crippen molar-refractivity contribution in [2.75, 3.05) is 44.2 Å². The van der Waals surface area contributed by atoms with Crippen molar-refractivity contribution in [1.82, 2.24) is 19.4 Å². The van der Waals surface area contributed by atoms with E-state index in [0.29, 0.717) is 5.91 Å². The zero-order valence-corrected chi connectivity index (χ0v) is 20.8. The summed E-state index contributed by atoms with van der Waals surface area (Å²) < 4.78 is 2.32. The number of likely N-dealkylation sites (tertiary alicyclic amines) is 1. The minimum Gasteiger partial charge on any atom is -0.368 e. The number of fused-ring (bicyclic) bond motifs is 1. The molecule has 3 heterocycles. The van der Waals surface area contributed by atoms with Crippen molar-refractivity contribution in [2.45, 2.75) is 46.7 Å². The molecular formula is C28H37N5O. The molecular weight excluding hydrogens is 422 g/mol. The summed E-state index contributed by atoms with van der Waals surface area (Å²) >= 11 is 0. The fourth-order valence-corrected chi connectivity index (χ4v) is 5.50. The summed E-state index contributed by atoms with van der Waals surface area (Å²) in [6.07, 6.45) is 1.89. The number of hydrogen-bond acceptors (Lipinski definition) is 4. The molecule has 5 rings (SSSR count). The summed E-state index contributed by atoms with van der Waals surface area (Å²) in [6.45, 7) is 13.7. The van der Waals surface area contributed by atoms with Gasteiger partial charge in [0.1, 0.15) is 5.82 Å². The summed E-state index contributed by atoms with van der Waals surface area (Å²) in [5.74, 6) is 1.66. The Kier molecular flexibility index (Phi) is 6.59. The number of nitrogens with zero attached hydrogens (tertiary/aromatic N) is 5. The van der Waals surface area contributed by atoms with Crippen molar-refractivity contribution in [3.63, 3.8) is 0 Å². The molecule has 34 heavy (non-hydrogen) atoms. The topological polar surface area (TPSA) is 44.6 Å². The van der Waals surface area contributed by atoms with Crippen LogP contribution in [0.5, 0.6) is 0 Å². The lowest BCUT2D eigenvalue weighted by molar-refractivity contribution is -0.137. The predicted molar refractivity (Wildman–Crippen MR) is 138 cm³/mol. The van der Waals surface area contributed by atoms with Gasteiger partial charge in [-0.3, -0.25) is 9.69 Å². The van der Waals surface area contributed by atoms with E-state index < -0.39 is 0 Å². The Hall–Kier alpha value is -2.86. The summed E-state index contributed by atoms with van der Waals surface area (Å²) in [7, 11) is 0. The molecule has 1 aromatic heterocycles. The molecule has 0 unspecified atom stereocenters. The molecule has 0 bridgehead atoms. The van der Waals surface area contributed by atoms with Gasteiger partial charge in [-0.1, -0.05) is 18.2 Å². The van der Waals surface area contributed by atoms with E-state index in [1.54, 1.807) is 0 Å². The van der Waals surface area contributed by atoms with Gasteiger partial charge >= 0.3 is 0 Å². The second kappa shape index (κ2) is 9.79. The van der Waals surface area contributed by atoms with Crippen LogP contribution < -0.4 is 4.90 Å². The number of benzene rings is 2. The number of anilines is 1. The van der Waals surface area contributed by atoms with Crippen LogP contribution in [0.25, 0.3) is 11.0 Å². The Morgan fingerprint density at radius 3 is 2.38 bits per heavy atom. The van der Waals surface area contributed by atoms with Crippen LogP contribution >= 0.6 is 0 Å². The number of carbonyl (C=O) groups excluding carboxylic acids is 1. The maximum Gasteiger partial charge on any atom is 0.225 e. The highest BCUT2D eigenvalue weighted by Gasteiger charge is 2.31. The maximum atomic E-state index is 13.3. The van der Waals surface area contributed by atoms with Crippen LogP contribution in [0.15, 0.2) is 42.5 Å². The number of piperidine rings is 1. The second-order valence-corrected chi connectivity index (χ2v) is 9.89. The van der Waals surface area contributed by atoms with E-state index in [4.69, 9.17) is 4.98 Å². The first-order valence-corrected chi connectivity index (χ1v) is 12.8. The molecule has 2 aromatic carbocycles. The number of amides is 1. The molecule has 6 nitrogen and oxygen atoms in total. The van der Waals surface area contributed by atoms with Crippen LogP contribution in [0, 0.1) is 19.8 Å². The highest BCUT2D eigenvalue weighted by Crippen LogP contribution is 2.25. The zero-order valence-electron chi connectivity index (χ0n) is 20.8. The van der Waals surface area contributed by atoms with Crippen LogP contribution in [0.3, 0.4) is 0 Å². The van der Waals surface area contributed by atoms with Gasteiger partial charge in [0.05, 0.1) is 17.6 Å². The van der Waals surface area contributed by atoms with Crippen molar-refractivity contribution in [3.05, 3.63) is 59.4 Å². The third-order valence-electron chi connectivity index (χ3n) is 7.80. The Morgan fingerprint density at radius 2 is 1.68 bits per heavy atom. The van der Waals surface area contributed by atoms with Gasteiger partial charge in [-0.2, -0.15) is 0 Å². The highest BCUT2D eigenvalue weighted by molar-refractivity contribution is 5.79. The van der Waals surface area contributed by atoms with E-state index >= 15 is 0 Å². The Morgan fingerprint density at radius 1 is 0.941 bits per heavy atom. The maximum absolute atomic E-state index is 13.3. The number of imidazole rings is 1. The quantitative estimate of drug-likeness (QED) is 0.573. The van der Waals surface area contributed by atoms with E-state index in [0.717, 1.165) is 76.5 Å². The molecule has 2 aliphatic rings. The molecule has 0 N–H and O–H groups in total. The number of rotatable bonds is 5. The van der Waals surface area contributed by atoms with Gasteiger partial charge in [-0.25, -0.2) is 4.98 Å². The van der Waals surface area contributed by atoms with Gasteiger partial charge in [0.2, 0.25) is 5.91 Å². The fourth-order valence-electron chi connectivity index (χ4n) is 5.50. The Balaban J connectivity index is 1.13. The SMILES string of the molecule is CCn1c(CN2CCC(C(=O)N3CCN(c4ccc(C)c(C)c4)CC3)CC2)nc2ccccc21. The Labute approximate surface area is 203 Å². The molecule has 0 radical (unpaired) electrons. The smallest absolute Gasteiger partial charge is 0.225 e. The normalized spacial score (nSPS) is 18.1. The molecule has 1 amide bonds. The van der Waals surface area contributed by atoms with Crippen molar-refractivity contribution >= 4 is 22.6 Å². The lowest BCUT2D eigenvalue weighted by atomic mass is 9.95. The van der Waals surface area contributed by atoms with Gasteiger partial charge in [-0.05, 0) is 82.1 Å². The van der Waals surface area contributed by atoms with Gasteiger partial charge in [0, 0.05) is 44.3 Å². The standard InChI is InChI=1S/C28H37N5O/c1-4-33-26-8-6-5-7-25(26)29-27(33)20-30-13-11-23(12-14-30)28(34)32-17-15-31(16-18-32)24-10-9-21(2)22(3)19-24/h5-10,19,23H,4,11-18,20H2,1-3H3. The minimum absolute atomic E-state index is 0.161. The zero-order chi connectivity index (χ0) is 23.7. The van der Waals surface area contributed by atoms with Crippen molar-refractivity contribution in [3.8, 4) is 0 Å². The van der Waals surface area contributed by atoms with Crippen molar-refractivity contribution in [2.24, 2.45) is 5.92 Å². The summed E-state index contributed by atoms with van der Waals surface area (Å²) in [6, 6.07) is 15.1. The van der Waals surface area contributed by atoms with E-state index in [-0.39, 0.29) is 5.92 Å². The molecule has 0 atom stereocenters. The summed E-state index contributed by atoms with van der Waals surface area (Å²) in [5.41, 5.74) is 6.23. The van der Waals surface area contributed by atoms with E-state index in [1.807, 2.05) is 0 Å². The van der Waals surface area contributed by atoms with Crippen molar-refractivity contribution < 1.29 is 4.79 Å². The number of aryl methyl sites for hydroxylation is 3. The molecule has 0 aliphatic carbocycles. The van der Waals surface area contributed by atoms with Gasteiger partial charge < -0.3 is 14.4 Å². The average Bonchev–Trinajstić information content (AvgIpc) is 3.22. The van der Waals surface area contributed by atoms with Gasteiger partial charge in [0.15, 0.2) is 0 Å². The van der Waals surface area contributed by atoms with Crippen LogP contribution in [0.1, 0.15) is 36.7 Å². The van der Waals surface area contributed by atoms with Gasteiger partial charge in [-0.15, -0.1) is 0 Å². The first-order chi connectivity index (χ1) is 16.5. The minimum atomic E-state index is 0.161. The summed E-state index contributed by atoms with van der Waals surface area (Å²) in [5, 5.41) is 0. The third-order valence-corrected chi connectivity index (χ3v) is 7.80. The number of para-hydroxylation sites is 2.